The average molecular weight is 335 g/mol. The van der Waals surface area contributed by atoms with Crippen LogP contribution in [0.2, 0.25) is 0 Å². The van der Waals surface area contributed by atoms with Crippen LogP contribution < -0.4 is 5.73 Å². The second kappa shape index (κ2) is 9.10. The Hall–Kier alpha value is -1.01. The molecule has 0 aliphatic heterocycles. The zero-order valence-electron chi connectivity index (χ0n) is 11.6. The highest BCUT2D eigenvalue weighted by atomic mass is 35.5. The minimum Gasteiger partial charge on any atom is -0.508 e. The summed E-state index contributed by atoms with van der Waals surface area (Å²) in [7, 11) is 0. The number of hydrogen-bond acceptors (Lipinski definition) is 4. The maximum absolute atomic E-state index is 10.9. The number of alkyl halides is 2. The van der Waals surface area contributed by atoms with E-state index in [9.17, 15) is 9.90 Å². The molecule has 0 spiro atoms. The van der Waals surface area contributed by atoms with Crippen molar-refractivity contribution < 1.29 is 15.0 Å². The first-order valence-corrected chi connectivity index (χ1v) is 7.68. The van der Waals surface area contributed by atoms with Gasteiger partial charge >= 0.3 is 5.97 Å². The molecular formula is C14H20Cl2N2O3. The zero-order valence-corrected chi connectivity index (χ0v) is 13.1. The van der Waals surface area contributed by atoms with Gasteiger partial charge in [0.15, 0.2) is 0 Å². The molecule has 0 saturated heterocycles. The molecule has 0 radical (unpaired) electrons. The van der Waals surface area contributed by atoms with Crippen LogP contribution in [0.25, 0.3) is 0 Å². The van der Waals surface area contributed by atoms with Crippen LogP contribution in [0.4, 0.5) is 0 Å². The highest BCUT2D eigenvalue weighted by Crippen LogP contribution is 2.20. The van der Waals surface area contributed by atoms with Crippen molar-refractivity contribution in [3.8, 4) is 5.75 Å². The molecule has 0 aromatic heterocycles. The Kier molecular flexibility index (Phi) is 7.82. The molecular weight excluding hydrogens is 315 g/mol. The summed E-state index contributed by atoms with van der Waals surface area (Å²) in [6.07, 6.45) is 0.209. The monoisotopic (exact) mass is 334 g/mol. The van der Waals surface area contributed by atoms with Gasteiger partial charge in [0.25, 0.3) is 0 Å². The third-order valence-electron chi connectivity index (χ3n) is 3.14. The average Bonchev–Trinajstić information content (AvgIpc) is 2.42. The number of nitrogens with two attached hydrogens (primary N) is 1. The van der Waals surface area contributed by atoms with Crippen LogP contribution in [0.1, 0.15) is 11.1 Å². The van der Waals surface area contributed by atoms with Crippen molar-refractivity contribution >= 4 is 29.2 Å². The summed E-state index contributed by atoms with van der Waals surface area (Å²) in [5.74, 6) is 0.0288. The second-order valence-electron chi connectivity index (χ2n) is 4.76. The van der Waals surface area contributed by atoms with Crippen LogP contribution in [0.5, 0.6) is 5.75 Å². The van der Waals surface area contributed by atoms with E-state index in [1.165, 1.54) is 6.07 Å². The molecule has 21 heavy (non-hydrogen) atoms. The molecule has 1 atom stereocenters. The normalized spacial score (nSPS) is 12.6. The van der Waals surface area contributed by atoms with Gasteiger partial charge in [0, 0.05) is 31.4 Å². The van der Waals surface area contributed by atoms with Gasteiger partial charge in [-0.3, -0.25) is 9.69 Å². The Morgan fingerprint density at radius 3 is 2.38 bits per heavy atom. The summed E-state index contributed by atoms with van der Waals surface area (Å²) in [6.45, 7) is 1.86. The third-order valence-corrected chi connectivity index (χ3v) is 3.48. The standard InChI is InChI=1S/C14H20Cl2N2O3/c15-3-5-18(6-4-16)9-11-7-12(19)2-1-10(11)8-13(17)14(20)21/h1-2,7,13,19H,3-6,8-9,17H2,(H,20,21)/t13-/m0/s1. The van der Waals surface area contributed by atoms with Crippen LogP contribution in [0.3, 0.4) is 0 Å². The molecule has 4 N–H and O–H groups in total. The van der Waals surface area contributed by atoms with Gasteiger partial charge < -0.3 is 15.9 Å². The van der Waals surface area contributed by atoms with Gasteiger partial charge in [0.05, 0.1) is 0 Å². The number of aliphatic carboxylic acids is 1. The number of rotatable bonds is 9. The zero-order chi connectivity index (χ0) is 15.8. The molecule has 0 amide bonds. The van der Waals surface area contributed by atoms with Crippen LogP contribution in [0.15, 0.2) is 18.2 Å². The third kappa shape index (κ3) is 6.09. The largest absolute Gasteiger partial charge is 0.508 e. The molecule has 7 heteroatoms. The van der Waals surface area contributed by atoms with Crippen LogP contribution in [-0.2, 0) is 17.8 Å². The maximum Gasteiger partial charge on any atom is 0.320 e. The molecule has 0 aliphatic carbocycles. The van der Waals surface area contributed by atoms with Gasteiger partial charge in [-0.15, -0.1) is 23.2 Å². The summed E-state index contributed by atoms with van der Waals surface area (Å²) in [5, 5.41) is 18.6. The van der Waals surface area contributed by atoms with Crippen LogP contribution >= 0.6 is 23.2 Å². The van der Waals surface area contributed by atoms with Crippen molar-refractivity contribution in [2.24, 2.45) is 5.73 Å². The molecule has 5 nitrogen and oxygen atoms in total. The molecule has 0 heterocycles. The van der Waals surface area contributed by atoms with Crippen LogP contribution in [0, 0.1) is 0 Å². The van der Waals surface area contributed by atoms with E-state index in [-0.39, 0.29) is 12.2 Å². The number of nitrogens with zero attached hydrogens (tertiary/aromatic N) is 1. The van der Waals surface area contributed by atoms with Gasteiger partial charge in [-0.05, 0) is 29.7 Å². The van der Waals surface area contributed by atoms with Gasteiger partial charge in [-0.1, -0.05) is 6.07 Å². The van der Waals surface area contributed by atoms with Crippen LogP contribution in [-0.4, -0.2) is 52.0 Å². The van der Waals surface area contributed by atoms with E-state index in [0.717, 1.165) is 11.1 Å². The topological polar surface area (TPSA) is 86.8 Å². The molecule has 0 bridgehead atoms. The van der Waals surface area contributed by atoms with E-state index in [1.807, 2.05) is 4.90 Å². The molecule has 1 aromatic carbocycles. The van der Waals surface area contributed by atoms with Crippen molar-refractivity contribution in [2.75, 3.05) is 24.8 Å². The molecule has 1 rings (SSSR count). The number of halogens is 2. The summed E-state index contributed by atoms with van der Waals surface area (Å²) >= 11 is 11.5. The first-order valence-electron chi connectivity index (χ1n) is 6.61. The molecule has 0 saturated carbocycles. The number of carboxylic acids is 1. The molecule has 1 aromatic rings. The molecule has 0 aliphatic rings. The lowest BCUT2D eigenvalue weighted by Crippen LogP contribution is -2.33. The van der Waals surface area contributed by atoms with Gasteiger partial charge in [-0.25, -0.2) is 0 Å². The maximum atomic E-state index is 10.9. The van der Waals surface area contributed by atoms with Gasteiger partial charge in [0.1, 0.15) is 11.8 Å². The Morgan fingerprint density at radius 2 is 1.86 bits per heavy atom. The first-order chi connectivity index (χ1) is 9.97. The van der Waals surface area contributed by atoms with Crippen molar-refractivity contribution in [3.63, 3.8) is 0 Å². The predicted octanol–water partition coefficient (Wildman–Crippen LogP) is 1.63. The Morgan fingerprint density at radius 1 is 1.24 bits per heavy atom. The van der Waals surface area contributed by atoms with E-state index >= 15 is 0 Å². The van der Waals surface area contributed by atoms with Crippen molar-refractivity contribution in [1.29, 1.82) is 0 Å². The van der Waals surface area contributed by atoms with E-state index in [1.54, 1.807) is 12.1 Å². The summed E-state index contributed by atoms with van der Waals surface area (Å²) < 4.78 is 0. The highest BCUT2D eigenvalue weighted by molar-refractivity contribution is 6.18. The fraction of sp³-hybridized carbons (Fsp3) is 0.500. The molecule has 0 fully saturated rings. The van der Waals surface area contributed by atoms with E-state index in [2.05, 4.69) is 0 Å². The molecule has 118 valence electrons. The van der Waals surface area contributed by atoms with E-state index in [4.69, 9.17) is 34.0 Å². The Labute approximate surface area is 134 Å². The van der Waals surface area contributed by atoms with Crippen molar-refractivity contribution in [3.05, 3.63) is 29.3 Å². The number of carboxylic acid groups (broad SMARTS) is 1. The van der Waals surface area contributed by atoms with E-state index < -0.39 is 12.0 Å². The number of phenols is 1. The van der Waals surface area contributed by atoms with Gasteiger partial charge in [0.2, 0.25) is 0 Å². The minimum atomic E-state index is -1.05. The Balaban J connectivity index is 2.92. The van der Waals surface area contributed by atoms with Crippen molar-refractivity contribution in [1.82, 2.24) is 4.90 Å². The minimum absolute atomic E-state index is 0.134. The lowest BCUT2D eigenvalue weighted by molar-refractivity contribution is -0.138. The number of benzene rings is 1. The first kappa shape index (κ1) is 18.0. The fourth-order valence-electron chi connectivity index (χ4n) is 2.03. The predicted molar refractivity (Wildman–Crippen MR) is 84.1 cm³/mol. The Bertz CT molecular complexity index is 466. The molecule has 0 unspecified atom stereocenters. The summed E-state index contributed by atoms with van der Waals surface area (Å²) in [6, 6.07) is 3.88. The number of carbonyl (C=O) groups is 1. The van der Waals surface area contributed by atoms with Crippen molar-refractivity contribution in [2.45, 2.75) is 19.0 Å². The second-order valence-corrected chi connectivity index (χ2v) is 5.51. The summed E-state index contributed by atoms with van der Waals surface area (Å²) in [4.78, 5) is 12.9. The summed E-state index contributed by atoms with van der Waals surface area (Å²) in [5.41, 5.74) is 7.22. The van der Waals surface area contributed by atoms with E-state index in [0.29, 0.717) is 31.4 Å². The smallest absolute Gasteiger partial charge is 0.320 e. The highest BCUT2D eigenvalue weighted by Gasteiger charge is 2.16. The number of aromatic hydroxyl groups is 1. The lowest BCUT2D eigenvalue weighted by Gasteiger charge is -2.22. The SMILES string of the molecule is N[C@@H](Cc1ccc(O)cc1CN(CCCl)CCCl)C(=O)O. The van der Waals surface area contributed by atoms with Gasteiger partial charge in [-0.2, -0.15) is 0 Å². The quantitative estimate of drug-likeness (QED) is 0.597. The lowest BCUT2D eigenvalue weighted by atomic mass is 9.99. The number of hydrogen-bond donors (Lipinski definition) is 3. The number of phenolic OH excluding ortho intramolecular Hbond substituents is 1. The fourth-order valence-corrected chi connectivity index (χ4v) is 2.51.